The summed E-state index contributed by atoms with van der Waals surface area (Å²) in [5.74, 6) is 1.42. The van der Waals surface area contributed by atoms with Gasteiger partial charge in [-0.25, -0.2) is 4.98 Å². The Morgan fingerprint density at radius 2 is 1.86 bits per heavy atom. The summed E-state index contributed by atoms with van der Waals surface area (Å²) in [6.45, 7) is 5.06. The maximum Gasteiger partial charge on any atom is 0.255 e. The molecule has 5 rings (SSSR count). The molecule has 1 aromatic rings. The molecule has 7 nitrogen and oxygen atoms in total. The Balaban J connectivity index is 1.29. The molecule has 0 aromatic carbocycles. The summed E-state index contributed by atoms with van der Waals surface area (Å²) in [7, 11) is 0. The molecule has 4 heterocycles. The number of hydrogen-bond acceptors (Lipinski definition) is 5. The molecule has 1 saturated carbocycles. The number of piperidine rings is 1. The van der Waals surface area contributed by atoms with E-state index in [0.29, 0.717) is 23.3 Å². The molecule has 2 saturated heterocycles. The van der Waals surface area contributed by atoms with Crippen molar-refractivity contribution in [1.82, 2.24) is 14.8 Å². The number of fused-ring (bicyclic) bond motifs is 1. The predicted octanol–water partition coefficient (Wildman–Crippen LogP) is 1.95. The average molecular weight is 383 g/mol. The molecule has 28 heavy (non-hydrogen) atoms. The molecule has 4 aliphatic rings. The maximum absolute atomic E-state index is 13.1. The summed E-state index contributed by atoms with van der Waals surface area (Å²) in [5.41, 5.74) is 1.36. The number of rotatable bonds is 4. The Morgan fingerprint density at radius 1 is 1.11 bits per heavy atom. The van der Waals surface area contributed by atoms with Crippen LogP contribution >= 0.6 is 0 Å². The molecule has 1 aliphatic carbocycles. The largest absolute Gasteiger partial charge is 0.359 e. The minimum Gasteiger partial charge on any atom is -0.359 e. The molecule has 1 N–H and O–H groups in total. The number of nitrogens with zero attached hydrogens (tertiary/aromatic N) is 4. The first-order chi connectivity index (χ1) is 13.7. The molecule has 1 aromatic heterocycles. The second kappa shape index (κ2) is 7.35. The van der Waals surface area contributed by atoms with Crippen molar-refractivity contribution in [3.8, 4) is 0 Å². The smallest absolute Gasteiger partial charge is 0.255 e. The van der Waals surface area contributed by atoms with E-state index in [1.807, 2.05) is 15.9 Å². The van der Waals surface area contributed by atoms with Crippen molar-refractivity contribution < 1.29 is 9.59 Å². The third-order valence-electron chi connectivity index (χ3n) is 6.66. The maximum atomic E-state index is 13.1. The Hall–Kier alpha value is -2.15. The molecule has 150 valence electrons. The highest BCUT2D eigenvalue weighted by Crippen LogP contribution is 2.35. The van der Waals surface area contributed by atoms with Gasteiger partial charge in [-0.3, -0.25) is 9.59 Å². The molecular weight excluding hydrogens is 354 g/mol. The molecule has 0 unspecified atom stereocenters. The van der Waals surface area contributed by atoms with Gasteiger partial charge in [0, 0.05) is 31.9 Å². The molecule has 0 bridgehead atoms. The van der Waals surface area contributed by atoms with Crippen LogP contribution in [-0.4, -0.2) is 71.9 Å². The minimum absolute atomic E-state index is 0.0413. The fourth-order valence-electron chi connectivity index (χ4n) is 4.78. The minimum atomic E-state index is 0.0413. The van der Waals surface area contributed by atoms with Crippen LogP contribution in [-0.2, 0) is 4.79 Å². The van der Waals surface area contributed by atoms with Crippen LogP contribution in [0.3, 0.4) is 0 Å². The topological polar surface area (TPSA) is 68.8 Å². The second-order valence-corrected chi connectivity index (χ2v) is 8.66. The number of carbonyl (C=O) groups excluding carboxylic acids is 2. The third kappa shape index (κ3) is 3.48. The molecule has 0 atom stereocenters. The molecular formula is C21H29N5O2. The van der Waals surface area contributed by atoms with Crippen molar-refractivity contribution in [2.75, 3.05) is 49.5 Å². The van der Waals surface area contributed by atoms with E-state index in [2.05, 4.69) is 15.2 Å². The Labute approximate surface area is 166 Å². The van der Waals surface area contributed by atoms with Gasteiger partial charge in [-0.05, 0) is 63.6 Å². The van der Waals surface area contributed by atoms with E-state index in [1.54, 1.807) is 6.20 Å². The molecule has 3 aliphatic heterocycles. The number of likely N-dealkylation sites (tertiary alicyclic amines) is 2. The molecule has 2 amide bonds. The lowest BCUT2D eigenvalue weighted by molar-refractivity contribution is -0.117. The van der Waals surface area contributed by atoms with Crippen molar-refractivity contribution in [3.63, 3.8) is 0 Å². The van der Waals surface area contributed by atoms with Crippen LogP contribution in [0.2, 0.25) is 0 Å². The van der Waals surface area contributed by atoms with Crippen LogP contribution in [0.4, 0.5) is 11.5 Å². The van der Waals surface area contributed by atoms with Gasteiger partial charge in [0.05, 0.1) is 17.8 Å². The molecule has 7 heteroatoms. The van der Waals surface area contributed by atoms with Crippen LogP contribution in [0.5, 0.6) is 0 Å². The van der Waals surface area contributed by atoms with Crippen LogP contribution in [0.1, 0.15) is 48.9 Å². The first-order valence-electron chi connectivity index (χ1n) is 10.8. The number of amides is 2. The van der Waals surface area contributed by atoms with Crippen molar-refractivity contribution in [2.24, 2.45) is 5.92 Å². The van der Waals surface area contributed by atoms with Crippen molar-refractivity contribution in [2.45, 2.75) is 44.6 Å². The molecule has 0 spiro atoms. The fourth-order valence-corrected chi connectivity index (χ4v) is 4.78. The number of hydrogen-bond donors (Lipinski definition) is 1. The van der Waals surface area contributed by atoms with Gasteiger partial charge < -0.3 is 20.0 Å². The number of pyridine rings is 1. The quantitative estimate of drug-likeness (QED) is 0.861. The number of carbonyl (C=O) groups is 2. The van der Waals surface area contributed by atoms with Gasteiger partial charge in [-0.15, -0.1) is 0 Å². The van der Waals surface area contributed by atoms with Gasteiger partial charge in [0.2, 0.25) is 5.91 Å². The zero-order chi connectivity index (χ0) is 19.1. The van der Waals surface area contributed by atoms with E-state index in [0.717, 1.165) is 38.2 Å². The van der Waals surface area contributed by atoms with Crippen LogP contribution in [0.15, 0.2) is 12.3 Å². The summed E-state index contributed by atoms with van der Waals surface area (Å²) in [4.78, 5) is 36.3. The van der Waals surface area contributed by atoms with Gasteiger partial charge >= 0.3 is 0 Å². The summed E-state index contributed by atoms with van der Waals surface area (Å²) in [6.07, 6.45) is 8.75. The van der Waals surface area contributed by atoms with Crippen LogP contribution < -0.4 is 10.2 Å². The normalized spacial score (nSPS) is 23.6. The van der Waals surface area contributed by atoms with E-state index in [1.165, 1.54) is 38.8 Å². The lowest BCUT2D eigenvalue weighted by atomic mass is 10.0. The average Bonchev–Trinajstić information content (AvgIpc) is 3.38. The first-order valence-corrected chi connectivity index (χ1v) is 10.8. The fraction of sp³-hybridized carbons (Fsp3) is 0.667. The van der Waals surface area contributed by atoms with Crippen molar-refractivity contribution >= 4 is 23.3 Å². The Bertz CT molecular complexity index is 764. The monoisotopic (exact) mass is 383 g/mol. The van der Waals surface area contributed by atoms with Gasteiger partial charge in [-0.2, -0.15) is 0 Å². The predicted molar refractivity (Wildman–Crippen MR) is 108 cm³/mol. The Kier molecular flexibility index (Phi) is 4.70. The van der Waals surface area contributed by atoms with E-state index in [4.69, 9.17) is 0 Å². The number of nitrogens with one attached hydrogen (secondary N) is 1. The lowest BCUT2D eigenvalue weighted by Crippen LogP contribution is -2.46. The molecule has 0 radical (unpaired) electrons. The van der Waals surface area contributed by atoms with Gasteiger partial charge in [0.25, 0.3) is 5.91 Å². The van der Waals surface area contributed by atoms with Crippen molar-refractivity contribution in [1.29, 1.82) is 0 Å². The zero-order valence-electron chi connectivity index (χ0n) is 16.4. The van der Waals surface area contributed by atoms with Gasteiger partial charge in [-0.1, -0.05) is 0 Å². The highest BCUT2D eigenvalue weighted by molar-refractivity contribution is 6.04. The standard InChI is InChI=1S/C21H29N5O2/c27-19-13-23-20-18(26(19)14-15-3-4-15)11-16(12-22-20)21(28)25-9-5-17(6-10-25)24-7-1-2-8-24/h11-12,15,17H,1-10,13-14H2,(H,22,23). The van der Waals surface area contributed by atoms with Crippen molar-refractivity contribution in [3.05, 3.63) is 17.8 Å². The lowest BCUT2D eigenvalue weighted by Gasteiger charge is -2.37. The van der Waals surface area contributed by atoms with E-state index in [9.17, 15) is 9.59 Å². The SMILES string of the molecule is O=C(c1cnc2c(c1)N(CC1CC1)C(=O)CN2)N1CCC(N2CCCC2)CC1. The highest BCUT2D eigenvalue weighted by Gasteiger charge is 2.33. The van der Waals surface area contributed by atoms with E-state index < -0.39 is 0 Å². The first kappa shape index (κ1) is 17.9. The summed E-state index contributed by atoms with van der Waals surface area (Å²) in [6, 6.07) is 2.49. The van der Waals surface area contributed by atoms with Gasteiger partial charge in [0.15, 0.2) is 0 Å². The summed E-state index contributed by atoms with van der Waals surface area (Å²) in [5, 5.41) is 3.09. The van der Waals surface area contributed by atoms with E-state index in [-0.39, 0.29) is 18.4 Å². The van der Waals surface area contributed by atoms with E-state index >= 15 is 0 Å². The summed E-state index contributed by atoms with van der Waals surface area (Å²) < 4.78 is 0. The zero-order valence-corrected chi connectivity index (χ0v) is 16.4. The Morgan fingerprint density at radius 3 is 2.57 bits per heavy atom. The number of anilines is 2. The van der Waals surface area contributed by atoms with Gasteiger partial charge in [0.1, 0.15) is 5.82 Å². The van der Waals surface area contributed by atoms with Crippen LogP contribution in [0.25, 0.3) is 0 Å². The second-order valence-electron chi connectivity index (χ2n) is 8.66. The molecule has 3 fully saturated rings. The summed E-state index contributed by atoms with van der Waals surface area (Å²) >= 11 is 0. The van der Waals surface area contributed by atoms with Crippen LogP contribution in [0, 0.1) is 5.92 Å². The number of aromatic nitrogens is 1. The highest BCUT2D eigenvalue weighted by atomic mass is 16.2. The third-order valence-corrected chi connectivity index (χ3v) is 6.66.